The van der Waals surface area contributed by atoms with Crippen LogP contribution in [0.4, 0.5) is 9.52 Å². The Balaban J connectivity index is 1.45. The van der Waals surface area contributed by atoms with Gasteiger partial charge < -0.3 is 4.57 Å². The molecule has 9 heteroatoms. The Labute approximate surface area is 189 Å². The summed E-state index contributed by atoms with van der Waals surface area (Å²) in [5.41, 5.74) is 4.06. The number of anilines is 1. The minimum atomic E-state index is -0.546. The number of pyridine rings is 1. The van der Waals surface area contributed by atoms with E-state index < -0.39 is 5.95 Å². The van der Waals surface area contributed by atoms with Gasteiger partial charge in [0, 0.05) is 30.4 Å². The smallest absolute Gasteiger partial charge is 0.274 e. The zero-order chi connectivity index (χ0) is 22.7. The molecule has 0 aromatic carbocycles. The third-order valence-corrected chi connectivity index (χ3v) is 5.65. The summed E-state index contributed by atoms with van der Waals surface area (Å²) in [4.78, 5) is 20.8. The normalized spacial score (nSPS) is 11.5. The molecule has 0 radical (unpaired) electrons. The summed E-state index contributed by atoms with van der Waals surface area (Å²) in [7, 11) is 0. The highest BCUT2D eigenvalue weighted by molar-refractivity contribution is 7.14. The molecular weight excluding hydrogens is 427 g/mol. The van der Waals surface area contributed by atoms with Crippen molar-refractivity contribution < 1.29 is 9.18 Å². The van der Waals surface area contributed by atoms with Gasteiger partial charge in [-0.1, -0.05) is 0 Å². The molecular formula is C23H23FN6OS. The number of nitrogens with zero attached hydrogens (tertiary/aromatic N) is 5. The van der Waals surface area contributed by atoms with Crippen LogP contribution >= 0.6 is 11.3 Å². The molecule has 0 aliphatic carbocycles. The summed E-state index contributed by atoms with van der Waals surface area (Å²) in [5, 5.41) is 9.65. The minimum Gasteiger partial charge on any atom is -0.339 e. The van der Waals surface area contributed by atoms with E-state index >= 15 is 0 Å². The van der Waals surface area contributed by atoms with Crippen molar-refractivity contribution >= 4 is 34.5 Å². The van der Waals surface area contributed by atoms with E-state index in [1.165, 1.54) is 23.6 Å². The molecule has 0 spiro atoms. The highest BCUT2D eigenvalue weighted by Gasteiger charge is 2.14. The molecule has 32 heavy (non-hydrogen) atoms. The average molecular weight is 451 g/mol. The Hall–Kier alpha value is -3.59. The fraction of sp³-hybridized carbons (Fsp3) is 0.217. The van der Waals surface area contributed by atoms with Crippen LogP contribution in [0.2, 0.25) is 0 Å². The molecule has 7 nitrogen and oxygen atoms in total. The van der Waals surface area contributed by atoms with Gasteiger partial charge in [0.2, 0.25) is 5.95 Å². The summed E-state index contributed by atoms with van der Waals surface area (Å²) < 4.78 is 17.1. The highest BCUT2D eigenvalue weighted by Crippen LogP contribution is 2.21. The first-order valence-corrected chi connectivity index (χ1v) is 11.0. The minimum absolute atomic E-state index is 0.258. The molecule has 0 bridgehead atoms. The Kier molecular flexibility index (Phi) is 6.27. The maximum absolute atomic E-state index is 13.4. The fourth-order valence-electron chi connectivity index (χ4n) is 3.32. The van der Waals surface area contributed by atoms with Crippen LogP contribution < -0.4 is 5.32 Å². The molecule has 1 N–H and O–H groups in total. The van der Waals surface area contributed by atoms with Crippen LogP contribution in [-0.4, -0.2) is 30.2 Å². The van der Waals surface area contributed by atoms with Gasteiger partial charge in [0.25, 0.3) is 5.91 Å². The largest absolute Gasteiger partial charge is 0.339 e. The summed E-state index contributed by atoms with van der Waals surface area (Å²) >= 11 is 1.35. The van der Waals surface area contributed by atoms with Crippen LogP contribution in [0, 0.1) is 12.9 Å². The first kappa shape index (κ1) is 21.6. The predicted molar refractivity (Wildman–Crippen MR) is 124 cm³/mol. The molecule has 4 heterocycles. The van der Waals surface area contributed by atoms with Gasteiger partial charge in [-0.3, -0.25) is 14.8 Å². The van der Waals surface area contributed by atoms with Gasteiger partial charge in [0.05, 0.1) is 17.6 Å². The number of nitrogens with one attached hydrogen (secondary N) is 1. The summed E-state index contributed by atoms with van der Waals surface area (Å²) in [6.07, 6.45) is 8.94. The summed E-state index contributed by atoms with van der Waals surface area (Å²) in [5.74, 6) is -0.821. The molecule has 0 saturated heterocycles. The number of rotatable bonds is 7. The lowest BCUT2D eigenvalue weighted by atomic mass is 10.2. The summed E-state index contributed by atoms with van der Waals surface area (Å²) in [6.45, 7) is 6.56. The van der Waals surface area contributed by atoms with E-state index in [4.69, 9.17) is 0 Å². The number of halogens is 1. The van der Waals surface area contributed by atoms with Crippen LogP contribution in [0.15, 0.2) is 48.2 Å². The van der Waals surface area contributed by atoms with Crippen LogP contribution in [0.1, 0.15) is 52.9 Å². The summed E-state index contributed by atoms with van der Waals surface area (Å²) in [6, 6.07) is 6.83. The maximum Gasteiger partial charge on any atom is 0.274 e. The zero-order valence-electron chi connectivity index (χ0n) is 18.0. The lowest BCUT2D eigenvalue weighted by molar-refractivity contribution is 0.101. The molecule has 4 rings (SSSR count). The second-order valence-electron chi connectivity index (χ2n) is 7.62. The van der Waals surface area contributed by atoms with E-state index in [2.05, 4.69) is 34.2 Å². The lowest BCUT2D eigenvalue weighted by Gasteiger charge is -2.09. The van der Waals surface area contributed by atoms with E-state index in [1.54, 1.807) is 29.0 Å². The number of carbonyl (C=O) groups is 1. The molecule has 0 unspecified atom stereocenters. The Morgan fingerprint density at radius 1 is 1.31 bits per heavy atom. The fourth-order valence-corrected chi connectivity index (χ4v) is 3.99. The van der Waals surface area contributed by atoms with E-state index in [0.29, 0.717) is 17.4 Å². The molecule has 4 aromatic heterocycles. The number of thiazole rings is 1. The van der Waals surface area contributed by atoms with Crippen molar-refractivity contribution in [3.63, 3.8) is 0 Å². The number of hydrogen-bond acceptors (Lipinski definition) is 5. The number of aromatic nitrogens is 5. The molecule has 0 saturated carbocycles. The van der Waals surface area contributed by atoms with Crippen molar-refractivity contribution in [2.75, 3.05) is 5.32 Å². The van der Waals surface area contributed by atoms with Gasteiger partial charge in [-0.15, -0.1) is 11.3 Å². The van der Waals surface area contributed by atoms with Crippen molar-refractivity contribution in [2.24, 2.45) is 0 Å². The van der Waals surface area contributed by atoms with E-state index in [1.807, 2.05) is 35.3 Å². The molecule has 0 aliphatic rings. The maximum atomic E-state index is 13.4. The monoisotopic (exact) mass is 450 g/mol. The second kappa shape index (κ2) is 9.27. The predicted octanol–water partition coefficient (Wildman–Crippen LogP) is 5.04. The van der Waals surface area contributed by atoms with Crippen LogP contribution in [0.25, 0.3) is 12.2 Å². The molecule has 0 atom stereocenters. The first-order valence-electron chi connectivity index (χ1n) is 10.2. The highest BCUT2D eigenvalue weighted by atomic mass is 32.1. The topological polar surface area (TPSA) is 77.6 Å². The van der Waals surface area contributed by atoms with Crippen molar-refractivity contribution in [1.29, 1.82) is 0 Å². The van der Waals surface area contributed by atoms with Crippen LogP contribution in [0.3, 0.4) is 0 Å². The Morgan fingerprint density at radius 2 is 2.16 bits per heavy atom. The number of aryl methyl sites for hydroxylation is 1. The molecule has 1 amide bonds. The number of amides is 1. The van der Waals surface area contributed by atoms with E-state index in [0.717, 1.165) is 22.5 Å². The first-order chi connectivity index (χ1) is 15.4. The number of hydrogen-bond donors (Lipinski definition) is 1. The third-order valence-electron chi connectivity index (χ3n) is 4.88. The van der Waals surface area contributed by atoms with Gasteiger partial charge in [0.15, 0.2) is 5.13 Å². The Morgan fingerprint density at radius 3 is 2.94 bits per heavy atom. The van der Waals surface area contributed by atoms with Crippen molar-refractivity contribution in [3.8, 4) is 0 Å². The SMILES string of the molecule is Cc1cnn(C(C)C)c1/C=C/c1csc(NC(=O)c2cccn2Cc2ccnc(F)c2)n1. The molecule has 164 valence electrons. The van der Waals surface area contributed by atoms with Crippen molar-refractivity contribution in [3.05, 3.63) is 82.4 Å². The standard InChI is InChI=1S/C23H23FN6OS/c1-15(2)30-19(16(3)12-26-30)7-6-18-14-32-23(27-18)28-22(31)20-5-4-10-29(20)13-17-8-9-25-21(24)11-17/h4-12,14-15H,13H2,1-3H3,(H,27,28,31)/b7-6+. The van der Waals surface area contributed by atoms with Crippen molar-refractivity contribution in [1.82, 2.24) is 24.3 Å². The van der Waals surface area contributed by atoms with E-state index in [-0.39, 0.29) is 11.9 Å². The lowest BCUT2D eigenvalue weighted by Crippen LogP contribution is -2.17. The van der Waals surface area contributed by atoms with Gasteiger partial charge in [0.1, 0.15) is 5.69 Å². The van der Waals surface area contributed by atoms with Crippen LogP contribution in [0.5, 0.6) is 0 Å². The average Bonchev–Trinajstić information content (AvgIpc) is 3.47. The van der Waals surface area contributed by atoms with Gasteiger partial charge in [-0.25, -0.2) is 9.97 Å². The number of carbonyl (C=O) groups excluding carboxylic acids is 1. The molecule has 0 fully saturated rings. The third kappa shape index (κ3) is 4.83. The molecule has 0 aliphatic heterocycles. The van der Waals surface area contributed by atoms with Crippen LogP contribution in [-0.2, 0) is 6.54 Å². The van der Waals surface area contributed by atoms with Gasteiger partial charge in [-0.05, 0) is 68.3 Å². The van der Waals surface area contributed by atoms with E-state index in [9.17, 15) is 9.18 Å². The van der Waals surface area contributed by atoms with Crippen molar-refractivity contribution in [2.45, 2.75) is 33.4 Å². The van der Waals surface area contributed by atoms with Gasteiger partial charge in [-0.2, -0.15) is 9.49 Å². The second-order valence-corrected chi connectivity index (χ2v) is 8.48. The zero-order valence-corrected chi connectivity index (χ0v) is 18.8. The molecule has 4 aromatic rings. The quantitative estimate of drug-likeness (QED) is 0.400. The van der Waals surface area contributed by atoms with Gasteiger partial charge >= 0.3 is 0 Å². The Bertz CT molecular complexity index is 1270.